The number of guanidine groups is 1. The third kappa shape index (κ3) is 5.65. The van der Waals surface area contributed by atoms with Gasteiger partial charge in [-0.2, -0.15) is 0 Å². The van der Waals surface area contributed by atoms with Crippen molar-refractivity contribution in [3.63, 3.8) is 0 Å². The highest BCUT2D eigenvalue weighted by atomic mass is 127. The first-order valence-corrected chi connectivity index (χ1v) is 8.90. The number of aryl methyl sites for hydroxylation is 2. The predicted molar refractivity (Wildman–Crippen MR) is 116 cm³/mol. The van der Waals surface area contributed by atoms with Crippen LogP contribution in [0.25, 0.3) is 0 Å². The standard InChI is InChI=1S/C18H23ClN4O3.HI/c1-11-12(2)26-16(23-11)10-22-18(20-3)21-5-4-13-8-14(19)17-15(9-13)24-6-7-25-17;/h8-9H,4-7,10H2,1-3H3,(H2,20,21,22);1H. The molecule has 27 heavy (non-hydrogen) atoms. The third-order valence-electron chi connectivity index (χ3n) is 4.07. The molecule has 1 aliphatic heterocycles. The van der Waals surface area contributed by atoms with Gasteiger partial charge in [0.05, 0.1) is 17.3 Å². The zero-order chi connectivity index (χ0) is 18.5. The van der Waals surface area contributed by atoms with E-state index in [9.17, 15) is 0 Å². The van der Waals surface area contributed by atoms with Crippen LogP contribution >= 0.6 is 35.6 Å². The van der Waals surface area contributed by atoms with E-state index >= 15 is 0 Å². The van der Waals surface area contributed by atoms with Gasteiger partial charge in [-0.25, -0.2) is 4.98 Å². The molecule has 0 spiro atoms. The molecular formula is C18H24ClIN4O3. The fraction of sp³-hybridized carbons (Fsp3) is 0.444. The minimum atomic E-state index is 0. The van der Waals surface area contributed by atoms with Crippen LogP contribution in [0.1, 0.15) is 22.9 Å². The molecule has 0 bridgehead atoms. The van der Waals surface area contributed by atoms with Crippen LogP contribution in [0.5, 0.6) is 11.5 Å². The maximum atomic E-state index is 6.27. The summed E-state index contributed by atoms with van der Waals surface area (Å²) in [5.74, 6) is 3.49. The number of hydrogen-bond donors (Lipinski definition) is 2. The monoisotopic (exact) mass is 506 g/mol. The highest BCUT2D eigenvalue weighted by molar-refractivity contribution is 14.0. The summed E-state index contributed by atoms with van der Waals surface area (Å²) in [5, 5.41) is 7.03. The average molecular weight is 507 g/mol. The van der Waals surface area contributed by atoms with Gasteiger partial charge in [-0.05, 0) is 38.0 Å². The molecule has 1 aliphatic rings. The van der Waals surface area contributed by atoms with Crippen molar-refractivity contribution in [1.29, 1.82) is 0 Å². The van der Waals surface area contributed by atoms with E-state index in [1.54, 1.807) is 7.05 Å². The Hall–Kier alpha value is -1.68. The number of hydrogen-bond acceptors (Lipinski definition) is 5. The van der Waals surface area contributed by atoms with E-state index in [0.717, 1.165) is 23.4 Å². The molecule has 0 radical (unpaired) electrons. The molecule has 1 aromatic heterocycles. The lowest BCUT2D eigenvalue weighted by Crippen LogP contribution is -2.37. The lowest BCUT2D eigenvalue weighted by molar-refractivity contribution is 0.171. The van der Waals surface area contributed by atoms with Crippen molar-refractivity contribution in [2.24, 2.45) is 4.99 Å². The van der Waals surface area contributed by atoms with Gasteiger partial charge in [-0.15, -0.1) is 24.0 Å². The Morgan fingerprint density at radius 2 is 2.00 bits per heavy atom. The van der Waals surface area contributed by atoms with Crippen LogP contribution < -0.4 is 20.1 Å². The van der Waals surface area contributed by atoms with Crippen LogP contribution in [0.4, 0.5) is 0 Å². The maximum absolute atomic E-state index is 6.27. The van der Waals surface area contributed by atoms with Crippen LogP contribution in [-0.2, 0) is 13.0 Å². The Kier molecular flexibility index (Phi) is 8.03. The number of fused-ring (bicyclic) bond motifs is 1. The Morgan fingerprint density at radius 1 is 1.22 bits per heavy atom. The highest BCUT2D eigenvalue weighted by Crippen LogP contribution is 2.38. The smallest absolute Gasteiger partial charge is 0.214 e. The highest BCUT2D eigenvalue weighted by Gasteiger charge is 2.16. The summed E-state index contributed by atoms with van der Waals surface area (Å²) in [6.45, 7) is 6.06. The van der Waals surface area contributed by atoms with Crippen molar-refractivity contribution >= 4 is 41.5 Å². The molecule has 9 heteroatoms. The number of aromatic nitrogens is 1. The first kappa shape index (κ1) is 21.6. The topological polar surface area (TPSA) is 80.9 Å². The number of rotatable bonds is 5. The maximum Gasteiger partial charge on any atom is 0.214 e. The fourth-order valence-corrected chi connectivity index (χ4v) is 2.92. The van der Waals surface area contributed by atoms with Crippen LogP contribution in [0, 0.1) is 13.8 Å². The molecule has 2 aromatic rings. The summed E-state index contributed by atoms with van der Waals surface area (Å²) in [6.07, 6.45) is 0.772. The molecule has 0 saturated heterocycles. The number of ether oxygens (including phenoxy) is 2. The van der Waals surface area contributed by atoms with E-state index in [2.05, 4.69) is 20.6 Å². The average Bonchev–Trinajstić information content (AvgIpc) is 2.96. The summed E-state index contributed by atoms with van der Waals surface area (Å²) in [7, 11) is 1.72. The van der Waals surface area contributed by atoms with Crippen molar-refractivity contribution in [3.8, 4) is 11.5 Å². The summed E-state index contributed by atoms with van der Waals surface area (Å²) in [4.78, 5) is 8.55. The second kappa shape index (κ2) is 10.0. The van der Waals surface area contributed by atoms with Crippen molar-refractivity contribution in [1.82, 2.24) is 15.6 Å². The van der Waals surface area contributed by atoms with Crippen molar-refractivity contribution in [2.45, 2.75) is 26.8 Å². The lowest BCUT2D eigenvalue weighted by Gasteiger charge is -2.20. The van der Waals surface area contributed by atoms with Gasteiger partial charge < -0.3 is 24.5 Å². The summed E-state index contributed by atoms with van der Waals surface area (Å²) < 4.78 is 16.7. The van der Waals surface area contributed by atoms with Gasteiger partial charge in [-0.1, -0.05) is 11.6 Å². The van der Waals surface area contributed by atoms with Crippen molar-refractivity contribution in [3.05, 3.63) is 40.1 Å². The second-order valence-electron chi connectivity index (χ2n) is 5.95. The van der Waals surface area contributed by atoms with Gasteiger partial charge in [0.25, 0.3) is 0 Å². The van der Waals surface area contributed by atoms with Crippen molar-refractivity contribution in [2.75, 3.05) is 26.8 Å². The zero-order valence-electron chi connectivity index (χ0n) is 15.6. The Labute approximate surface area is 180 Å². The third-order valence-corrected chi connectivity index (χ3v) is 4.35. The summed E-state index contributed by atoms with van der Waals surface area (Å²) in [6, 6.07) is 3.88. The van der Waals surface area contributed by atoms with Gasteiger partial charge in [0.1, 0.15) is 19.0 Å². The van der Waals surface area contributed by atoms with E-state index in [1.807, 2.05) is 26.0 Å². The molecule has 148 valence electrons. The molecule has 7 nitrogen and oxygen atoms in total. The SMILES string of the molecule is CN=C(NCCc1cc(Cl)c2c(c1)OCCO2)NCc1nc(C)c(C)o1.I. The molecule has 1 aromatic carbocycles. The summed E-state index contributed by atoms with van der Waals surface area (Å²) in [5.41, 5.74) is 1.97. The Balaban J connectivity index is 0.00000261. The molecule has 2 heterocycles. The van der Waals surface area contributed by atoms with Crippen LogP contribution in [0.3, 0.4) is 0 Å². The quantitative estimate of drug-likeness (QED) is 0.368. The van der Waals surface area contributed by atoms with Gasteiger partial charge in [0.2, 0.25) is 5.89 Å². The molecule has 0 saturated carbocycles. The van der Waals surface area contributed by atoms with E-state index in [-0.39, 0.29) is 24.0 Å². The Morgan fingerprint density at radius 3 is 2.70 bits per heavy atom. The van der Waals surface area contributed by atoms with Gasteiger partial charge >= 0.3 is 0 Å². The Bertz CT molecular complexity index is 791. The zero-order valence-corrected chi connectivity index (χ0v) is 18.7. The van der Waals surface area contributed by atoms with E-state index in [0.29, 0.717) is 54.7 Å². The number of benzene rings is 1. The van der Waals surface area contributed by atoms with Crippen LogP contribution in [0.2, 0.25) is 5.02 Å². The largest absolute Gasteiger partial charge is 0.486 e. The first-order chi connectivity index (χ1) is 12.6. The van der Waals surface area contributed by atoms with E-state index < -0.39 is 0 Å². The van der Waals surface area contributed by atoms with Crippen molar-refractivity contribution < 1.29 is 13.9 Å². The minimum Gasteiger partial charge on any atom is -0.486 e. The number of halogens is 2. The first-order valence-electron chi connectivity index (χ1n) is 8.52. The molecule has 2 N–H and O–H groups in total. The molecule has 0 unspecified atom stereocenters. The van der Waals surface area contributed by atoms with E-state index in [1.165, 1.54) is 0 Å². The molecule has 3 rings (SSSR count). The normalized spacial score (nSPS) is 13.1. The van der Waals surface area contributed by atoms with Gasteiger partial charge in [0, 0.05) is 13.6 Å². The lowest BCUT2D eigenvalue weighted by atomic mass is 10.1. The number of nitrogens with zero attached hydrogens (tertiary/aromatic N) is 2. The number of nitrogens with one attached hydrogen (secondary N) is 2. The predicted octanol–water partition coefficient (Wildman–Crippen LogP) is 3.24. The molecule has 0 amide bonds. The molecule has 0 aliphatic carbocycles. The van der Waals surface area contributed by atoms with E-state index in [4.69, 9.17) is 25.5 Å². The number of aliphatic imine (C=N–C) groups is 1. The number of oxazole rings is 1. The van der Waals surface area contributed by atoms with Crippen LogP contribution in [-0.4, -0.2) is 37.7 Å². The fourth-order valence-electron chi connectivity index (χ4n) is 2.63. The molecular weight excluding hydrogens is 483 g/mol. The van der Waals surface area contributed by atoms with Gasteiger partial charge in [0.15, 0.2) is 17.5 Å². The summed E-state index contributed by atoms with van der Waals surface area (Å²) >= 11 is 6.27. The minimum absolute atomic E-state index is 0. The second-order valence-corrected chi connectivity index (χ2v) is 6.36. The molecule has 0 atom stereocenters. The molecule has 0 fully saturated rings. The van der Waals surface area contributed by atoms with Gasteiger partial charge in [-0.3, -0.25) is 4.99 Å². The van der Waals surface area contributed by atoms with Crippen LogP contribution in [0.15, 0.2) is 21.5 Å².